The van der Waals surface area contributed by atoms with Crippen LogP contribution in [0.15, 0.2) is 36.7 Å². The third kappa shape index (κ3) is 4.42. The number of carbonyl (C=O) groups excluding carboxylic acids is 2. The number of nitrogens with one attached hydrogen (secondary N) is 2. The lowest BCUT2D eigenvalue weighted by Gasteiger charge is -2.17. The van der Waals surface area contributed by atoms with E-state index < -0.39 is 6.04 Å². The van der Waals surface area contributed by atoms with Crippen LogP contribution in [0.5, 0.6) is 0 Å². The Bertz CT molecular complexity index is 770. The Morgan fingerprint density at radius 2 is 1.96 bits per heavy atom. The van der Waals surface area contributed by atoms with E-state index in [1.807, 2.05) is 11.9 Å². The van der Waals surface area contributed by atoms with Crippen molar-refractivity contribution >= 4 is 29.9 Å². The third-order valence-corrected chi connectivity index (χ3v) is 4.38. The van der Waals surface area contributed by atoms with E-state index in [-0.39, 0.29) is 24.2 Å². The van der Waals surface area contributed by atoms with Crippen LogP contribution in [0.3, 0.4) is 0 Å². The highest BCUT2D eigenvalue weighted by Crippen LogP contribution is 2.18. The molecule has 0 saturated carbocycles. The molecule has 0 aliphatic carbocycles. The zero-order valence-corrected chi connectivity index (χ0v) is 15.8. The van der Waals surface area contributed by atoms with Gasteiger partial charge in [0.1, 0.15) is 6.04 Å². The van der Waals surface area contributed by atoms with E-state index in [9.17, 15) is 9.59 Å². The number of rotatable bonds is 5. The monoisotopic (exact) mass is 377 g/mol. The first-order valence-electron chi connectivity index (χ1n) is 8.44. The van der Waals surface area contributed by atoms with Crippen LogP contribution < -0.4 is 10.6 Å². The van der Waals surface area contributed by atoms with Gasteiger partial charge in [-0.2, -0.15) is 5.10 Å². The molecule has 7 nitrogen and oxygen atoms in total. The molecule has 2 amide bonds. The summed E-state index contributed by atoms with van der Waals surface area (Å²) in [5, 5.41) is 9.97. The smallest absolute Gasteiger partial charge is 0.253 e. The standard InChI is InChI=1S/C18H23N5O2.ClH/c1-19-16(14-11-20-22(2)12-14)17(24)21-15-7-5-6-13(10-15)18(25)23-8-3-4-9-23;/h5-7,10-12,16,19H,3-4,8-9H2,1-2H3,(H,21,24);1H. The molecule has 1 saturated heterocycles. The van der Waals surface area contributed by atoms with Gasteiger partial charge in [-0.3, -0.25) is 14.3 Å². The number of carbonyl (C=O) groups is 2. The fourth-order valence-electron chi connectivity index (χ4n) is 3.09. The number of likely N-dealkylation sites (tertiary alicyclic amines) is 1. The number of hydrogen-bond donors (Lipinski definition) is 2. The van der Waals surface area contributed by atoms with Crippen LogP contribution in [0.2, 0.25) is 0 Å². The quantitative estimate of drug-likeness (QED) is 0.835. The predicted molar refractivity (Wildman–Crippen MR) is 102 cm³/mol. The van der Waals surface area contributed by atoms with E-state index in [0.717, 1.165) is 31.5 Å². The summed E-state index contributed by atoms with van der Waals surface area (Å²) in [6.07, 6.45) is 5.57. The topological polar surface area (TPSA) is 79.3 Å². The molecular formula is C18H24ClN5O2. The Morgan fingerprint density at radius 1 is 1.23 bits per heavy atom. The first-order chi connectivity index (χ1) is 12.1. The summed E-state index contributed by atoms with van der Waals surface area (Å²) < 4.78 is 1.66. The number of aromatic nitrogens is 2. The van der Waals surface area contributed by atoms with Gasteiger partial charge < -0.3 is 15.5 Å². The van der Waals surface area contributed by atoms with Crippen molar-refractivity contribution in [2.24, 2.45) is 7.05 Å². The number of anilines is 1. The SMILES string of the molecule is CNC(C(=O)Nc1cccc(C(=O)N2CCCC2)c1)c1cnn(C)c1.Cl. The second kappa shape index (κ2) is 8.82. The minimum Gasteiger partial charge on any atom is -0.339 e. The molecule has 1 aromatic heterocycles. The van der Waals surface area contributed by atoms with Crippen molar-refractivity contribution in [3.8, 4) is 0 Å². The molecule has 0 bridgehead atoms. The van der Waals surface area contributed by atoms with Crippen LogP contribution in [0.1, 0.15) is 34.8 Å². The number of likely N-dealkylation sites (N-methyl/N-ethyl adjacent to an activating group) is 1. The molecule has 2 N–H and O–H groups in total. The van der Waals surface area contributed by atoms with Gasteiger partial charge in [-0.25, -0.2) is 0 Å². The van der Waals surface area contributed by atoms with Crippen molar-refractivity contribution in [1.29, 1.82) is 0 Å². The van der Waals surface area contributed by atoms with Crippen LogP contribution in [0.4, 0.5) is 5.69 Å². The van der Waals surface area contributed by atoms with Crippen molar-refractivity contribution in [2.45, 2.75) is 18.9 Å². The molecule has 1 aliphatic heterocycles. The molecule has 2 aromatic rings. The average molecular weight is 378 g/mol. The maximum absolute atomic E-state index is 12.6. The average Bonchev–Trinajstić information content (AvgIpc) is 3.27. The molecule has 1 fully saturated rings. The zero-order valence-electron chi connectivity index (χ0n) is 14.9. The van der Waals surface area contributed by atoms with Crippen molar-refractivity contribution in [1.82, 2.24) is 20.0 Å². The lowest BCUT2D eigenvalue weighted by molar-refractivity contribution is -0.118. The highest BCUT2D eigenvalue weighted by atomic mass is 35.5. The summed E-state index contributed by atoms with van der Waals surface area (Å²) in [4.78, 5) is 26.9. The number of halogens is 1. The van der Waals surface area contributed by atoms with E-state index >= 15 is 0 Å². The molecule has 140 valence electrons. The van der Waals surface area contributed by atoms with Gasteiger partial charge in [-0.1, -0.05) is 6.07 Å². The number of aryl methyl sites for hydroxylation is 1. The summed E-state index contributed by atoms with van der Waals surface area (Å²) in [5.41, 5.74) is 1.99. The second-order valence-electron chi connectivity index (χ2n) is 6.24. The fourth-order valence-corrected chi connectivity index (χ4v) is 3.09. The molecule has 2 heterocycles. The normalized spacial score (nSPS) is 14.6. The fraction of sp³-hybridized carbons (Fsp3) is 0.389. The number of hydrogen-bond acceptors (Lipinski definition) is 4. The maximum Gasteiger partial charge on any atom is 0.253 e. The van der Waals surface area contributed by atoms with Gasteiger partial charge in [-0.15, -0.1) is 12.4 Å². The van der Waals surface area contributed by atoms with E-state index in [1.165, 1.54) is 0 Å². The van der Waals surface area contributed by atoms with Gasteiger partial charge in [0.05, 0.1) is 6.20 Å². The zero-order chi connectivity index (χ0) is 17.8. The van der Waals surface area contributed by atoms with Crippen molar-refractivity contribution in [3.63, 3.8) is 0 Å². The largest absolute Gasteiger partial charge is 0.339 e. The highest BCUT2D eigenvalue weighted by molar-refractivity contribution is 5.98. The minimum absolute atomic E-state index is 0. The predicted octanol–water partition coefficient (Wildman–Crippen LogP) is 1.98. The molecule has 3 rings (SSSR count). The van der Waals surface area contributed by atoms with Crippen LogP contribution in [0.25, 0.3) is 0 Å². The Morgan fingerprint density at radius 3 is 2.58 bits per heavy atom. The Balaban J connectivity index is 0.00000243. The lowest BCUT2D eigenvalue weighted by atomic mass is 10.1. The van der Waals surface area contributed by atoms with Gasteiger partial charge in [-0.05, 0) is 38.1 Å². The van der Waals surface area contributed by atoms with Crippen LogP contribution in [-0.2, 0) is 11.8 Å². The molecule has 8 heteroatoms. The van der Waals surface area contributed by atoms with E-state index in [1.54, 1.807) is 48.4 Å². The Kier molecular flexibility index (Phi) is 6.76. The summed E-state index contributed by atoms with van der Waals surface area (Å²) in [6.45, 7) is 1.61. The third-order valence-electron chi connectivity index (χ3n) is 4.38. The summed E-state index contributed by atoms with van der Waals surface area (Å²) in [7, 11) is 3.53. The first-order valence-corrected chi connectivity index (χ1v) is 8.44. The summed E-state index contributed by atoms with van der Waals surface area (Å²) in [5.74, 6) is -0.174. The van der Waals surface area contributed by atoms with Crippen LogP contribution in [-0.4, -0.2) is 46.6 Å². The van der Waals surface area contributed by atoms with Crippen molar-refractivity contribution < 1.29 is 9.59 Å². The van der Waals surface area contributed by atoms with Gasteiger partial charge in [0.15, 0.2) is 0 Å². The molecule has 1 aliphatic rings. The summed E-state index contributed by atoms with van der Waals surface area (Å²) >= 11 is 0. The van der Waals surface area contributed by atoms with Gasteiger partial charge in [0.2, 0.25) is 5.91 Å². The maximum atomic E-state index is 12.6. The molecule has 26 heavy (non-hydrogen) atoms. The number of benzene rings is 1. The number of amides is 2. The first kappa shape index (κ1) is 19.9. The lowest BCUT2D eigenvalue weighted by Crippen LogP contribution is -2.30. The van der Waals surface area contributed by atoms with E-state index in [2.05, 4.69) is 15.7 Å². The van der Waals surface area contributed by atoms with Crippen molar-refractivity contribution in [2.75, 3.05) is 25.5 Å². The minimum atomic E-state index is -0.508. The van der Waals surface area contributed by atoms with Gasteiger partial charge >= 0.3 is 0 Å². The van der Waals surface area contributed by atoms with Crippen LogP contribution >= 0.6 is 12.4 Å². The number of nitrogens with zero attached hydrogens (tertiary/aromatic N) is 3. The van der Waals surface area contributed by atoms with Crippen molar-refractivity contribution in [3.05, 3.63) is 47.8 Å². The van der Waals surface area contributed by atoms with Crippen LogP contribution in [0, 0.1) is 0 Å². The van der Waals surface area contributed by atoms with Gasteiger partial charge in [0.25, 0.3) is 5.91 Å². The molecule has 1 aromatic carbocycles. The summed E-state index contributed by atoms with van der Waals surface area (Å²) in [6, 6.07) is 6.58. The highest BCUT2D eigenvalue weighted by Gasteiger charge is 2.22. The Labute approximate surface area is 159 Å². The molecular weight excluding hydrogens is 354 g/mol. The molecule has 0 radical (unpaired) electrons. The van der Waals surface area contributed by atoms with E-state index in [4.69, 9.17) is 0 Å². The Hall–Kier alpha value is -2.38. The van der Waals surface area contributed by atoms with Gasteiger partial charge in [0, 0.05) is 43.1 Å². The second-order valence-corrected chi connectivity index (χ2v) is 6.24. The molecule has 0 spiro atoms. The molecule has 1 atom stereocenters. The van der Waals surface area contributed by atoms with E-state index in [0.29, 0.717) is 11.3 Å². The molecule has 1 unspecified atom stereocenters.